The van der Waals surface area contributed by atoms with Crippen LogP contribution in [-0.2, 0) is 4.79 Å². The van der Waals surface area contributed by atoms with E-state index in [0.29, 0.717) is 37.2 Å². The van der Waals surface area contributed by atoms with E-state index in [4.69, 9.17) is 39.2 Å². The zero-order valence-electron chi connectivity index (χ0n) is 15.0. The van der Waals surface area contributed by atoms with Gasteiger partial charge in [0.25, 0.3) is 0 Å². The number of benzene rings is 2. The number of carbonyl (C=O) groups excluding carboxylic acids is 1. The molecule has 0 bridgehead atoms. The van der Waals surface area contributed by atoms with E-state index in [0.717, 1.165) is 15.8 Å². The molecule has 4 nitrogen and oxygen atoms in total. The summed E-state index contributed by atoms with van der Waals surface area (Å²) in [5, 5.41) is 4.63. The molecule has 0 spiro atoms. The summed E-state index contributed by atoms with van der Waals surface area (Å²) < 4.78 is 6.61. The number of carbonyl (C=O) groups is 1. The van der Waals surface area contributed by atoms with Crippen LogP contribution < -0.4 is 5.32 Å². The Balaban J connectivity index is 1.47. The third-order valence-corrected chi connectivity index (χ3v) is 6.30. The Morgan fingerprint density at radius 3 is 2.72 bits per heavy atom. The molecule has 0 radical (unpaired) electrons. The van der Waals surface area contributed by atoms with Crippen LogP contribution in [0.5, 0.6) is 0 Å². The van der Waals surface area contributed by atoms with Crippen LogP contribution in [0, 0.1) is 6.92 Å². The summed E-state index contributed by atoms with van der Waals surface area (Å²) in [6, 6.07) is 12.8. The van der Waals surface area contributed by atoms with Gasteiger partial charge in [0, 0.05) is 16.7 Å². The third kappa shape index (κ3) is 4.33. The summed E-state index contributed by atoms with van der Waals surface area (Å²) in [6.07, 6.45) is 2.97. The monoisotopic (exact) mass is 462 g/mol. The van der Waals surface area contributed by atoms with Gasteiger partial charge in [0.15, 0.2) is 5.13 Å². The maximum Gasteiger partial charge on any atom is 0.250 e. The Kier molecular flexibility index (Phi) is 5.65. The van der Waals surface area contributed by atoms with Crippen molar-refractivity contribution in [2.45, 2.75) is 6.92 Å². The number of thiazole rings is 1. The molecular formula is C21H13Cl3N2O2S. The van der Waals surface area contributed by atoms with Crippen molar-refractivity contribution in [1.29, 1.82) is 0 Å². The van der Waals surface area contributed by atoms with Crippen LogP contribution in [0.25, 0.3) is 27.6 Å². The van der Waals surface area contributed by atoms with Crippen molar-refractivity contribution >= 4 is 73.5 Å². The zero-order chi connectivity index (χ0) is 20.5. The first-order valence-electron chi connectivity index (χ1n) is 8.50. The minimum Gasteiger partial charge on any atom is -0.457 e. The van der Waals surface area contributed by atoms with Gasteiger partial charge in [0.2, 0.25) is 5.91 Å². The van der Waals surface area contributed by atoms with Crippen LogP contribution >= 0.6 is 46.1 Å². The van der Waals surface area contributed by atoms with E-state index in [1.165, 1.54) is 17.4 Å². The normalized spacial score (nSPS) is 11.4. The number of nitrogens with one attached hydrogen (secondary N) is 1. The largest absolute Gasteiger partial charge is 0.457 e. The van der Waals surface area contributed by atoms with E-state index in [1.807, 2.05) is 37.3 Å². The first-order valence-corrected chi connectivity index (χ1v) is 10.5. The van der Waals surface area contributed by atoms with Crippen molar-refractivity contribution in [3.8, 4) is 11.3 Å². The minimum atomic E-state index is -0.331. The van der Waals surface area contributed by atoms with Crippen LogP contribution in [0.15, 0.2) is 53.0 Å². The van der Waals surface area contributed by atoms with Crippen LogP contribution in [0.2, 0.25) is 15.1 Å². The van der Waals surface area contributed by atoms with Gasteiger partial charge in [-0.3, -0.25) is 10.1 Å². The van der Waals surface area contributed by atoms with Gasteiger partial charge >= 0.3 is 0 Å². The van der Waals surface area contributed by atoms with Crippen LogP contribution in [0.4, 0.5) is 5.13 Å². The van der Waals surface area contributed by atoms with Crippen LogP contribution in [-0.4, -0.2) is 10.9 Å². The molecule has 2 heterocycles. The average Bonchev–Trinajstić information content (AvgIpc) is 3.32. The van der Waals surface area contributed by atoms with E-state index < -0.39 is 0 Å². The Morgan fingerprint density at radius 2 is 1.93 bits per heavy atom. The van der Waals surface area contributed by atoms with Crippen molar-refractivity contribution in [3.05, 3.63) is 74.9 Å². The highest BCUT2D eigenvalue weighted by Gasteiger charge is 2.11. The molecular weight excluding hydrogens is 451 g/mol. The molecule has 0 fully saturated rings. The summed E-state index contributed by atoms with van der Waals surface area (Å²) in [6.45, 7) is 1.94. The first-order chi connectivity index (χ1) is 13.9. The number of aromatic nitrogens is 1. The fraction of sp³-hybridized carbons (Fsp3) is 0.0476. The highest BCUT2D eigenvalue weighted by molar-refractivity contribution is 7.22. The molecule has 0 aliphatic carbocycles. The second-order valence-corrected chi connectivity index (χ2v) is 8.44. The third-order valence-electron chi connectivity index (χ3n) is 4.16. The molecule has 0 saturated carbocycles. The van der Waals surface area contributed by atoms with E-state index >= 15 is 0 Å². The number of hydrogen-bond acceptors (Lipinski definition) is 4. The van der Waals surface area contributed by atoms with E-state index in [1.54, 1.807) is 18.2 Å². The summed E-state index contributed by atoms with van der Waals surface area (Å²) in [5.74, 6) is 0.887. The summed E-state index contributed by atoms with van der Waals surface area (Å²) in [5.41, 5.74) is 2.43. The number of rotatable bonds is 4. The Labute approximate surface area is 185 Å². The van der Waals surface area contributed by atoms with Gasteiger partial charge in [-0.25, -0.2) is 4.98 Å². The zero-order valence-corrected chi connectivity index (χ0v) is 18.1. The lowest BCUT2D eigenvalue weighted by Gasteiger charge is -2.00. The lowest BCUT2D eigenvalue weighted by molar-refractivity contribution is -0.111. The number of halogens is 3. The number of aryl methyl sites for hydroxylation is 1. The molecule has 4 rings (SSSR count). The fourth-order valence-electron chi connectivity index (χ4n) is 2.64. The maximum absolute atomic E-state index is 12.2. The lowest BCUT2D eigenvalue weighted by Crippen LogP contribution is -2.07. The van der Waals surface area contributed by atoms with Crippen molar-refractivity contribution < 1.29 is 9.21 Å². The minimum absolute atomic E-state index is 0.331. The van der Waals surface area contributed by atoms with Crippen LogP contribution in [0.3, 0.4) is 0 Å². The van der Waals surface area contributed by atoms with Gasteiger partial charge in [-0.2, -0.15) is 0 Å². The maximum atomic E-state index is 12.2. The standard InChI is InChI=1S/C21H13Cl3N2O2S/c1-11-2-3-12(10-15(11)23)16-7-4-13(28-16)5-9-18(27)25-21-26-20-17(29-21)8-6-14(22)19(20)24/h2-10H,1H3,(H,25,26,27)/b9-5+. The second-order valence-electron chi connectivity index (χ2n) is 6.22. The molecule has 1 N–H and O–H groups in total. The van der Waals surface area contributed by atoms with Gasteiger partial charge in [-0.15, -0.1) is 0 Å². The molecule has 29 heavy (non-hydrogen) atoms. The van der Waals surface area contributed by atoms with E-state index in [9.17, 15) is 4.79 Å². The van der Waals surface area contributed by atoms with Crippen molar-refractivity contribution in [3.63, 3.8) is 0 Å². The molecule has 1 amide bonds. The smallest absolute Gasteiger partial charge is 0.250 e. The lowest BCUT2D eigenvalue weighted by atomic mass is 10.1. The molecule has 0 saturated heterocycles. The highest BCUT2D eigenvalue weighted by atomic mass is 35.5. The van der Waals surface area contributed by atoms with E-state index in [-0.39, 0.29) is 5.91 Å². The van der Waals surface area contributed by atoms with Gasteiger partial charge < -0.3 is 4.42 Å². The predicted molar refractivity (Wildman–Crippen MR) is 121 cm³/mol. The predicted octanol–water partition coefficient (Wildman–Crippen LogP) is 7.48. The van der Waals surface area contributed by atoms with E-state index in [2.05, 4.69) is 10.3 Å². The molecule has 0 aliphatic heterocycles. The van der Waals surface area contributed by atoms with Gasteiger partial charge in [-0.05, 0) is 48.9 Å². The SMILES string of the molecule is Cc1ccc(-c2ccc(/C=C/C(=O)Nc3nc4c(Cl)c(Cl)ccc4s3)o2)cc1Cl. The molecule has 0 unspecified atom stereocenters. The number of anilines is 1. The summed E-state index contributed by atoms with van der Waals surface area (Å²) >= 11 is 19.6. The molecule has 8 heteroatoms. The Morgan fingerprint density at radius 1 is 1.10 bits per heavy atom. The fourth-order valence-corrected chi connectivity index (χ4v) is 4.11. The average molecular weight is 464 g/mol. The summed E-state index contributed by atoms with van der Waals surface area (Å²) in [4.78, 5) is 16.6. The molecule has 0 aliphatic rings. The molecule has 2 aromatic carbocycles. The molecule has 146 valence electrons. The van der Waals surface area contributed by atoms with Gasteiger partial charge in [0.05, 0.1) is 14.7 Å². The molecule has 4 aromatic rings. The van der Waals surface area contributed by atoms with Gasteiger partial charge in [0.1, 0.15) is 17.0 Å². The number of nitrogens with zero attached hydrogens (tertiary/aromatic N) is 1. The number of furan rings is 1. The first kappa shape index (κ1) is 20.0. The van der Waals surface area contributed by atoms with Crippen LogP contribution in [0.1, 0.15) is 11.3 Å². The Hall–Kier alpha value is -2.31. The van der Waals surface area contributed by atoms with Crippen molar-refractivity contribution in [2.24, 2.45) is 0 Å². The van der Waals surface area contributed by atoms with Crippen molar-refractivity contribution in [2.75, 3.05) is 5.32 Å². The van der Waals surface area contributed by atoms with Gasteiger partial charge in [-0.1, -0.05) is 58.3 Å². The quantitative estimate of drug-likeness (QED) is 0.319. The molecule has 0 atom stereocenters. The topological polar surface area (TPSA) is 55.1 Å². The van der Waals surface area contributed by atoms with Crippen molar-refractivity contribution in [1.82, 2.24) is 4.98 Å². The number of hydrogen-bond donors (Lipinski definition) is 1. The molecule has 2 aromatic heterocycles. The highest BCUT2D eigenvalue weighted by Crippen LogP contribution is 2.35. The second kappa shape index (κ2) is 8.20. The number of amides is 1. The Bertz CT molecular complexity index is 1260. The number of fused-ring (bicyclic) bond motifs is 1. The summed E-state index contributed by atoms with van der Waals surface area (Å²) in [7, 11) is 0.